The molecule has 16 heteroatoms. The van der Waals surface area contributed by atoms with Gasteiger partial charge in [0.25, 0.3) is 0 Å². The van der Waals surface area contributed by atoms with Gasteiger partial charge in [-0.1, -0.05) is 55.2 Å². The number of aromatic hydroxyl groups is 1. The van der Waals surface area contributed by atoms with Crippen molar-refractivity contribution in [1.29, 1.82) is 0 Å². The molecule has 4 atom stereocenters. The fourth-order valence-corrected chi connectivity index (χ4v) is 6.24. The Kier molecular flexibility index (Phi) is 13.5. The maximum Gasteiger partial charge on any atom is 0.305 e. The summed E-state index contributed by atoms with van der Waals surface area (Å²) in [4.78, 5) is 80.9. The summed E-state index contributed by atoms with van der Waals surface area (Å²) in [6.45, 7) is 5.92. The number of carboxylic acids is 1. The SMILES string of the molecule is CC(=O)N[C@@H](Cc1ccc(O)cc1)C(=O)N[C@H](C(=O)N[C@@H](C)C(=O)N[C@@H](CC(=O)O)C(=O)c1ncc(-c2c(Cl)cccc2Cl)s1)C(C)C. The number of thiazole rings is 1. The molecule has 3 rings (SSSR count). The van der Waals surface area contributed by atoms with Crippen LogP contribution in [0.5, 0.6) is 5.75 Å². The second-order valence-corrected chi connectivity index (χ2v) is 13.1. The van der Waals surface area contributed by atoms with Crippen molar-refractivity contribution in [2.75, 3.05) is 0 Å². The van der Waals surface area contributed by atoms with Crippen molar-refractivity contribution in [1.82, 2.24) is 26.3 Å². The summed E-state index contributed by atoms with van der Waals surface area (Å²) >= 11 is 13.5. The first kappa shape index (κ1) is 37.9. The van der Waals surface area contributed by atoms with Gasteiger partial charge in [0, 0.05) is 25.1 Å². The molecule has 0 aliphatic rings. The number of hydrogen-bond acceptors (Lipinski definition) is 9. The Labute approximate surface area is 290 Å². The highest BCUT2D eigenvalue weighted by Crippen LogP contribution is 2.37. The summed E-state index contributed by atoms with van der Waals surface area (Å²) < 4.78 is 0. The molecule has 0 unspecified atom stereocenters. The molecular weight excluding hydrogens is 685 g/mol. The minimum atomic E-state index is -1.52. The number of nitrogens with zero attached hydrogens (tertiary/aromatic N) is 1. The molecule has 2 aromatic carbocycles. The van der Waals surface area contributed by atoms with Gasteiger partial charge in [-0.2, -0.15) is 0 Å². The molecule has 0 bridgehead atoms. The van der Waals surface area contributed by atoms with E-state index in [-0.39, 0.29) is 17.2 Å². The quantitative estimate of drug-likeness (QED) is 0.127. The summed E-state index contributed by atoms with van der Waals surface area (Å²) in [7, 11) is 0. The van der Waals surface area contributed by atoms with Crippen molar-refractivity contribution in [3.63, 3.8) is 0 Å². The smallest absolute Gasteiger partial charge is 0.305 e. The molecule has 3 aromatic rings. The van der Waals surface area contributed by atoms with Crippen LogP contribution in [0.15, 0.2) is 48.7 Å². The fourth-order valence-electron chi connectivity index (χ4n) is 4.55. The molecule has 4 amide bonds. The number of carbonyl (C=O) groups is 6. The van der Waals surface area contributed by atoms with Gasteiger partial charge < -0.3 is 31.5 Å². The van der Waals surface area contributed by atoms with Gasteiger partial charge in [0.1, 0.15) is 29.9 Å². The molecular formula is C32H35Cl2N5O8S. The number of phenols is 1. The maximum atomic E-state index is 13.3. The number of phenolic OH excluding ortho intramolecular Hbond substituents is 1. The number of carbonyl (C=O) groups excluding carboxylic acids is 5. The molecule has 0 saturated heterocycles. The lowest BCUT2D eigenvalue weighted by Gasteiger charge is -2.27. The fraction of sp³-hybridized carbons (Fsp3) is 0.344. The van der Waals surface area contributed by atoms with Gasteiger partial charge in [-0.15, -0.1) is 11.3 Å². The summed E-state index contributed by atoms with van der Waals surface area (Å²) in [6.07, 6.45) is 0.681. The minimum absolute atomic E-state index is 0.0312. The van der Waals surface area contributed by atoms with Crippen LogP contribution in [0.25, 0.3) is 10.4 Å². The van der Waals surface area contributed by atoms with Gasteiger partial charge in [0.2, 0.25) is 29.4 Å². The number of hydrogen-bond donors (Lipinski definition) is 6. The second kappa shape index (κ2) is 17.0. The summed E-state index contributed by atoms with van der Waals surface area (Å²) in [5.41, 5.74) is 1.09. The van der Waals surface area contributed by atoms with E-state index < -0.39 is 71.9 Å². The normalized spacial score (nSPS) is 13.5. The molecule has 13 nitrogen and oxygen atoms in total. The molecule has 48 heavy (non-hydrogen) atoms. The molecule has 1 heterocycles. The van der Waals surface area contributed by atoms with E-state index in [1.165, 1.54) is 32.2 Å². The lowest BCUT2D eigenvalue weighted by Crippen LogP contribution is -2.58. The lowest BCUT2D eigenvalue weighted by atomic mass is 10.0. The van der Waals surface area contributed by atoms with Crippen LogP contribution in [0, 0.1) is 5.92 Å². The van der Waals surface area contributed by atoms with E-state index in [0.29, 0.717) is 26.0 Å². The maximum absolute atomic E-state index is 13.3. The Morgan fingerprint density at radius 1 is 0.833 bits per heavy atom. The lowest BCUT2D eigenvalue weighted by molar-refractivity contribution is -0.138. The zero-order valence-corrected chi connectivity index (χ0v) is 28.7. The monoisotopic (exact) mass is 719 g/mol. The second-order valence-electron chi connectivity index (χ2n) is 11.2. The molecule has 0 spiro atoms. The standard InChI is InChI=1S/C32H35Cl2N5O8S/c1-15(2)27(39-30(46)23(37-17(4)40)12-18-8-10-19(41)11-9-18)31(47)36-16(3)29(45)38-22(13-25(42)43)28(44)32-35-14-24(48-32)26-20(33)6-5-7-21(26)34/h5-11,14-16,22-23,27,41H,12-13H2,1-4H3,(H,36,47)(H,37,40)(H,38,45)(H,39,46)(H,42,43)/t16-,22-,23-,27-/m0/s1. The summed E-state index contributed by atoms with van der Waals surface area (Å²) in [5.74, 6) is -5.27. The van der Waals surface area contributed by atoms with E-state index in [9.17, 15) is 39.0 Å². The van der Waals surface area contributed by atoms with E-state index in [0.717, 1.165) is 11.3 Å². The van der Waals surface area contributed by atoms with Gasteiger partial charge in [-0.25, -0.2) is 4.98 Å². The van der Waals surface area contributed by atoms with Gasteiger partial charge in [-0.05, 0) is 42.7 Å². The first-order chi connectivity index (χ1) is 22.6. The van der Waals surface area contributed by atoms with Crippen LogP contribution in [0.3, 0.4) is 0 Å². The Hall–Kier alpha value is -4.53. The average molecular weight is 721 g/mol. The van der Waals surface area contributed by atoms with E-state index in [2.05, 4.69) is 26.3 Å². The number of aromatic nitrogens is 1. The van der Waals surface area contributed by atoms with Crippen molar-refractivity contribution in [2.45, 2.75) is 64.7 Å². The molecule has 0 fully saturated rings. The predicted molar refractivity (Wildman–Crippen MR) is 180 cm³/mol. The number of halogens is 2. The van der Waals surface area contributed by atoms with Crippen LogP contribution >= 0.6 is 34.5 Å². The van der Waals surface area contributed by atoms with Crippen molar-refractivity contribution in [3.8, 4) is 16.2 Å². The molecule has 6 N–H and O–H groups in total. The Balaban J connectivity index is 1.70. The zero-order chi connectivity index (χ0) is 35.7. The van der Waals surface area contributed by atoms with Gasteiger partial charge in [0.15, 0.2) is 5.01 Å². The van der Waals surface area contributed by atoms with E-state index in [1.807, 2.05) is 0 Å². The van der Waals surface area contributed by atoms with Crippen LogP contribution in [0.2, 0.25) is 10.0 Å². The highest BCUT2D eigenvalue weighted by Gasteiger charge is 2.33. The third-order valence-electron chi connectivity index (χ3n) is 7.01. The van der Waals surface area contributed by atoms with E-state index in [4.69, 9.17) is 23.2 Å². The van der Waals surface area contributed by atoms with Crippen molar-refractivity contribution in [3.05, 3.63) is 69.3 Å². The van der Waals surface area contributed by atoms with Gasteiger partial charge in [-0.3, -0.25) is 28.8 Å². The summed E-state index contributed by atoms with van der Waals surface area (Å²) in [6, 6.07) is 5.98. The molecule has 0 aliphatic heterocycles. The predicted octanol–water partition coefficient (Wildman–Crippen LogP) is 3.36. The van der Waals surface area contributed by atoms with E-state index in [1.54, 1.807) is 44.2 Å². The Morgan fingerprint density at radius 3 is 2.02 bits per heavy atom. The zero-order valence-electron chi connectivity index (χ0n) is 26.4. The third-order valence-corrected chi connectivity index (χ3v) is 8.67. The van der Waals surface area contributed by atoms with Crippen LogP contribution in [0.4, 0.5) is 0 Å². The third kappa shape index (κ3) is 10.5. The Morgan fingerprint density at radius 2 is 1.46 bits per heavy atom. The average Bonchev–Trinajstić information content (AvgIpc) is 3.48. The molecule has 1 aromatic heterocycles. The highest BCUT2D eigenvalue weighted by molar-refractivity contribution is 7.17. The number of benzene rings is 2. The highest BCUT2D eigenvalue weighted by atomic mass is 35.5. The number of nitrogens with one attached hydrogen (secondary N) is 4. The molecule has 0 saturated carbocycles. The number of aliphatic carboxylic acids is 1. The molecule has 0 radical (unpaired) electrons. The van der Waals surface area contributed by atoms with Crippen LogP contribution in [-0.2, 0) is 30.4 Å². The van der Waals surface area contributed by atoms with E-state index >= 15 is 0 Å². The van der Waals surface area contributed by atoms with Gasteiger partial charge in [0.05, 0.1) is 21.3 Å². The van der Waals surface area contributed by atoms with Crippen molar-refractivity contribution < 1.29 is 39.0 Å². The molecule has 256 valence electrons. The summed E-state index contributed by atoms with van der Waals surface area (Å²) in [5, 5.41) is 29.6. The molecule has 0 aliphatic carbocycles. The number of carboxylic acid groups (broad SMARTS) is 1. The first-order valence-corrected chi connectivity index (χ1v) is 16.3. The van der Waals surface area contributed by atoms with Crippen molar-refractivity contribution in [2.24, 2.45) is 5.92 Å². The number of rotatable bonds is 15. The number of ketones is 1. The van der Waals surface area contributed by atoms with Gasteiger partial charge >= 0.3 is 5.97 Å². The first-order valence-electron chi connectivity index (χ1n) is 14.7. The van der Waals surface area contributed by atoms with Crippen LogP contribution < -0.4 is 21.3 Å². The number of amides is 4. The Bertz CT molecular complexity index is 1660. The minimum Gasteiger partial charge on any atom is -0.508 e. The van der Waals surface area contributed by atoms with Crippen LogP contribution in [-0.4, -0.2) is 74.7 Å². The number of Topliss-reactive ketones (excluding diaryl/α,β-unsaturated/α-hetero) is 1. The van der Waals surface area contributed by atoms with Crippen LogP contribution in [0.1, 0.15) is 49.5 Å². The largest absolute Gasteiger partial charge is 0.508 e. The van der Waals surface area contributed by atoms with Crippen molar-refractivity contribution >= 4 is 69.9 Å². The topological polar surface area (TPSA) is 204 Å².